The number of nitro benzene ring substituents is 1. The lowest BCUT2D eigenvalue weighted by Gasteiger charge is -2.22. The highest BCUT2D eigenvalue weighted by atomic mass is 16.6. The standard InChI is InChI=1S/C17H20N4O5/c1-17(10-18,11-4-5-11)19-15(22)9-26-16(23)13-8-12(21(24)25)6-7-14(13)20(2)3/h6-8,11H,4-5,9H2,1-3H3,(H,19,22)/t17-/m1/s1. The Labute approximate surface area is 150 Å². The second-order valence-electron chi connectivity index (χ2n) is 6.57. The fourth-order valence-electron chi connectivity index (χ4n) is 2.61. The first-order chi connectivity index (χ1) is 12.2. The minimum absolute atomic E-state index is 0.0118. The van der Waals surface area contributed by atoms with Crippen LogP contribution in [0.25, 0.3) is 0 Å². The van der Waals surface area contributed by atoms with E-state index in [2.05, 4.69) is 11.4 Å². The zero-order valence-electron chi connectivity index (χ0n) is 14.8. The predicted octanol–water partition coefficient (Wildman–Crippen LogP) is 1.63. The molecule has 2 rings (SSSR count). The summed E-state index contributed by atoms with van der Waals surface area (Å²) < 4.78 is 5.00. The summed E-state index contributed by atoms with van der Waals surface area (Å²) in [4.78, 5) is 36.3. The van der Waals surface area contributed by atoms with Crippen LogP contribution >= 0.6 is 0 Å². The number of hydrogen-bond donors (Lipinski definition) is 1. The van der Waals surface area contributed by atoms with Crippen molar-refractivity contribution in [3.63, 3.8) is 0 Å². The fraction of sp³-hybridized carbons (Fsp3) is 0.471. The highest BCUT2D eigenvalue weighted by Crippen LogP contribution is 2.39. The minimum atomic E-state index is -0.982. The Morgan fingerprint density at radius 1 is 1.46 bits per heavy atom. The molecule has 0 aromatic heterocycles. The summed E-state index contributed by atoms with van der Waals surface area (Å²) in [5.74, 6) is -1.34. The highest BCUT2D eigenvalue weighted by Gasteiger charge is 2.43. The number of esters is 1. The van der Waals surface area contributed by atoms with E-state index in [4.69, 9.17) is 4.74 Å². The van der Waals surface area contributed by atoms with Crippen molar-refractivity contribution in [2.75, 3.05) is 25.6 Å². The van der Waals surface area contributed by atoms with Crippen molar-refractivity contribution in [2.45, 2.75) is 25.3 Å². The van der Waals surface area contributed by atoms with E-state index in [1.165, 1.54) is 12.1 Å². The number of rotatable bonds is 7. The second kappa shape index (κ2) is 7.39. The van der Waals surface area contributed by atoms with Crippen LogP contribution in [0.5, 0.6) is 0 Å². The molecule has 9 nitrogen and oxygen atoms in total. The van der Waals surface area contributed by atoms with E-state index in [0.717, 1.165) is 18.9 Å². The molecule has 1 N–H and O–H groups in total. The molecule has 1 fully saturated rings. The summed E-state index contributed by atoms with van der Waals surface area (Å²) in [5.41, 5.74) is -0.815. The van der Waals surface area contributed by atoms with Crippen molar-refractivity contribution >= 4 is 23.3 Å². The number of nitriles is 1. The Hall–Kier alpha value is -3.15. The van der Waals surface area contributed by atoms with E-state index in [-0.39, 0.29) is 17.2 Å². The molecule has 9 heteroatoms. The van der Waals surface area contributed by atoms with E-state index in [0.29, 0.717) is 5.69 Å². The van der Waals surface area contributed by atoms with Crippen LogP contribution in [-0.2, 0) is 9.53 Å². The lowest BCUT2D eigenvalue weighted by molar-refractivity contribution is -0.384. The molecule has 0 saturated heterocycles. The maximum Gasteiger partial charge on any atom is 0.341 e. The molecular weight excluding hydrogens is 340 g/mol. The number of nitrogens with zero attached hydrogens (tertiary/aromatic N) is 3. The second-order valence-corrected chi connectivity index (χ2v) is 6.57. The summed E-state index contributed by atoms with van der Waals surface area (Å²) in [6.07, 6.45) is 1.73. The first-order valence-corrected chi connectivity index (χ1v) is 8.03. The Kier molecular flexibility index (Phi) is 5.45. The van der Waals surface area contributed by atoms with Gasteiger partial charge in [-0.15, -0.1) is 0 Å². The number of carbonyl (C=O) groups excluding carboxylic acids is 2. The van der Waals surface area contributed by atoms with Gasteiger partial charge >= 0.3 is 5.97 Å². The molecule has 1 atom stereocenters. The third-order valence-corrected chi connectivity index (χ3v) is 4.25. The van der Waals surface area contributed by atoms with E-state index in [1.807, 2.05) is 0 Å². The molecule has 1 saturated carbocycles. The van der Waals surface area contributed by atoms with Gasteiger partial charge in [0.2, 0.25) is 0 Å². The van der Waals surface area contributed by atoms with Gasteiger partial charge in [0.25, 0.3) is 11.6 Å². The zero-order valence-corrected chi connectivity index (χ0v) is 14.8. The van der Waals surface area contributed by atoms with E-state index in [1.54, 1.807) is 25.9 Å². The zero-order chi connectivity index (χ0) is 19.5. The van der Waals surface area contributed by atoms with Crippen LogP contribution in [0, 0.1) is 27.4 Å². The van der Waals surface area contributed by atoms with Crippen LogP contribution in [0.3, 0.4) is 0 Å². The molecule has 0 spiro atoms. The molecule has 0 heterocycles. The Morgan fingerprint density at radius 2 is 2.12 bits per heavy atom. The number of anilines is 1. The van der Waals surface area contributed by atoms with Gasteiger partial charge in [0, 0.05) is 26.2 Å². The summed E-state index contributed by atoms with van der Waals surface area (Å²) in [5, 5.41) is 22.7. The normalized spacial score (nSPS) is 15.3. The van der Waals surface area contributed by atoms with Crippen LogP contribution in [0.15, 0.2) is 18.2 Å². The van der Waals surface area contributed by atoms with E-state index < -0.39 is 28.9 Å². The largest absolute Gasteiger partial charge is 0.452 e. The predicted molar refractivity (Wildman–Crippen MR) is 92.6 cm³/mol. The van der Waals surface area contributed by atoms with Crippen LogP contribution in [0.4, 0.5) is 11.4 Å². The maximum atomic E-state index is 12.3. The molecule has 0 unspecified atom stereocenters. The molecule has 0 aliphatic heterocycles. The van der Waals surface area contributed by atoms with Crippen molar-refractivity contribution in [3.05, 3.63) is 33.9 Å². The third-order valence-electron chi connectivity index (χ3n) is 4.25. The minimum Gasteiger partial charge on any atom is -0.452 e. The Bertz CT molecular complexity index is 782. The molecule has 138 valence electrons. The Morgan fingerprint density at radius 3 is 2.62 bits per heavy atom. The van der Waals surface area contributed by atoms with Crippen LogP contribution in [-0.4, -0.2) is 43.0 Å². The van der Waals surface area contributed by atoms with Gasteiger partial charge in [0.15, 0.2) is 6.61 Å². The van der Waals surface area contributed by atoms with E-state index in [9.17, 15) is 25.0 Å². The van der Waals surface area contributed by atoms with Crippen molar-refractivity contribution < 1.29 is 19.2 Å². The quantitative estimate of drug-likeness (QED) is 0.445. The Balaban J connectivity index is 2.07. The SMILES string of the molecule is CN(C)c1ccc([N+](=O)[O-])cc1C(=O)OCC(=O)N[C@](C)(C#N)C1CC1. The molecular formula is C17H20N4O5. The molecule has 0 bridgehead atoms. The van der Waals surface area contributed by atoms with E-state index >= 15 is 0 Å². The maximum absolute atomic E-state index is 12.3. The van der Waals surface area contributed by atoms with Crippen molar-refractivity contribution in [1.82, 2.24) is 5.32 Å². The summed E-state index contributed by atoms with van der Waals surface area (Å²) in [6.45, 7) is 1.06. The van der Waals surface area contributed by atoms with Gasteiger partial charge in [-0.3, -0.25) is 14.9 Å². The number of carbonyl (C=O) groups is 2. The molecule has 0 radical (unpaired) electrons. The number of nitro groups is 1. The van der Waals surface area contributed by atoms with Gasteiger partial charge in [-0.05, 0) is 31.7 Å². The lowest BCUT2D eigenvalue weighted by atomic mass is 9.98. The van der Waals surface area contributed by atoms with Gasteiger partial charge in [0.05, 0.1) is 22.2 Å². The smallest absolute Gasteiger partial charge is 0.341 e. The molecule has 1 aromatic carbocycles. The monoisotopic (exact) mass is 360 g/mol. The van der Waals surface area contributed by atoms with Gasteiger partial charge in [-0.1, -0.05) is 0 Å². The molecule has 1 aromatic rings. The van der Waals surface area contributed by atoms with Crippen LogP contribution in [0.1, 0.15) is 30.1 Å². The van der Waals surface area contributed by atoms with Crippen molar-refractivity contribution in [3.8, 4) is 6.07 Å². The number of non-ortho nitro benzene ring substituents is 1. The topological polar surface area (TPSA) is 126 Å². The number of benzene rings is 1. The molecule has 1 amide bonds. The fourth-order valence-corrected chi connectivity index (χ4v) is 2.61. The number of hydrogen-bond acceptors (Lipinski definition) is 7. The summed E-state index contributed by atoms with van der Waals surface area (Å²) in [7, 11) is 3.36. The van der Waals surface area contributed by atoms with Crippen molar-refractivity contribution in [1.29, 1.82) is 5.26 Å². The lowest BCUT2D eigenvalue weighted by Crippen LogP contribution is -2.48. The number of amides is 1. The van der Waals surface area contributed by atoms with Gasteiger partial charge in [-0.25, -0.2) is 4.79 Å². The van der Waals surface area contributed by atoms with Crippen molar-refractivity contribution in [2.24, 2.45) is 5.92 Å². The highest BCUT2D eigenvalue weighted by molar-refractivity contribution is 5.97. The summed E-state index contributed by atoms with van der Waals surface area (Å²) >= 11 is 0. The molecule has 1 aliphatic carbocycles. The van der Waals surface area contributed by atoms with Crippen LogP contribution < -0.4 is 10.2 Å². The van der Waals surface area contributed by atoms with Crippen LogP contribution in [0.2, 0.25) is 0 Å². The average Bonchev–Trinajstić information content (AvgIpc) is 3.44. The average molecular weight is 360 g/mol. The first-order valence-electron chi connectivity index (χ1n) is 8.03. The molecule has 26 heavy (non-hydrogen) atoms. The van der Waals surface area contributed by atoms with Gasteiger partial charge in [0.1, 0.15) is 5.54 Å². The number of ether oxygens (including phenoxy) is 1. The molecule has 1 aliphatic rings. The number of nitrogens with one attached hydrogen (secondary N) is 1. The first kappa shape index (κ1) is 19.2. The summed E-state index contributed by atoms with van der Waals surface area (Å²) in [6, 6.07) is 5.91. The van der Waals surface area contributed by atoms with Gasteiger partial charge in [-0.2, -0.15) is 5.26 Å². The van der Waals surface area contributed by atoms with Gasteiger partial charge < -0.3 is 15.0 Å². The third kappa shape index (κ3) is 4.27.